The van der Waals surface area contributed by atoms with Crippen LogP contribution < -0.4 is 0 Å². The van der Waals surface area contributed by atoms with E-state index in [0.29, 0.717) is 0 Å². The van der Waals surface area contributed by atoms with Crippen LogP contribution in [0.15, 0.2) is 29.2 Å². The van der Waals surface area contributed by atoms with Gasteiger partial charge in [-0.3, -0.25) is 4.57 Å². The van der Waals surface area contributed by atoms with E-state index in [-0.39, 0.29) is 9.92 Å². The zero-order chi connectivity index (χ0) is 11.7. The predicted molar refractivity (Wildman–Crippen MR) is 55.5 cm³/mol. The fourth-order valence-electron chi connectivity index (χ4n) is 0.870. The molecule has 0 aliphatic rings. The van der Waals surface area contributed by atoms with Crippen LogP contribution in [0.2, 0.25) is 5.02 Å². The summed E-state index contributed by atoms with van der Waals surface area (Å²) in [5.41, 5.74) is 0. The van der Waals surface area contributed by atoms with Gasteiger partial charge < -0.3 is 4.89 Å². The quantitative estimate of drug-likeness (QED) is 0.848. The summed E-state index contributed by atoms with van der Waals surface area (Å²) < 4.78 is 37.8. The Labute approximate surface area is 92.3 Å². The van der Waals surface area contributed by atoms with Crippen LogP contribution in [0.3, 0.4) is 0 Å². The van der Waals surface area contributed by atoms with Gasteiger partial charge in [0.2, 0.25) is 0 Å². The lowest BCUT2D eigenvalue weighted by atomic mass is 10.4. The molecule has 0 spiro atoms. The minimum absolute atomic E-state index is 0.0639. The molecule has 84 valence electrons. The molecule has 0 heterocycles. The molecule has 1 N–H and O–H groups in total. The number of rotatable bonds is 3. The van der Waals surface area contributed by atoms with Crippen molar-refractivity contribution in [3.05, 3.63) is 29.3 Å². The Hall–Kier alpha value is -0.390. The van der Waals surface area contributed by atoms with Gasteiger partial charge in [0.1, 0.15) is 4.90 Å². The third-order valence-corrected chi connectivity index (χ3v) is 4.57. The standard InChI is InChI=1S/C7H8ClO5PS/c1-14(9,10)13-15(11,12)7-5-3-2-4-6(7)8/h2-5H,1H3,(H,9,10). The van der Waals surface area contributed by atoms with Crippen molar-refractivity contribution in [3.8, 4) is 0 Å². The fraction of sp³-hybridized carbons (Fsp3) is 0.143. The third-order valence-electron chi connectivity index (χ3n) is 1.34. The molecule has 0 aliphatic heterocycles. The molecule has 1 rings (SSSR count). The highest BCUT2D eigenvalue weighted by Gasteiger charge is 2.26. The summed E-state index contributed by atoms with van der Waals surface area (Å²) in [6.45, 7) is 0.779. The van der Waals surface area contributed by atoms with Crippen molar-refractivity contribution >= 4 is 29.3 Å². The molecule has 0 amide bonds. The van der Waals surface area contributed by atoms with Crippen molar-refractivity contribution in [2.45, 2.75) is 4.90 Å². The lowest BCUT2D eigenvalue weighted by Crippen LogP contribution is -2.04. The second-order valence-corrected chi connectivity index (χ2v) is 6.72. The predicted octanol–water partition coefficient (Wildman–Crippen LogP) is 1.86. The molecule has 0 fully saturated rings. The molecule has 1 unspecified atom stereocenters. The smallest absolute Gasteiger partial charge is 0.324 e. The van der Waals surface area contributed by atoms with E-state index in [4.69, 9.17) is 16.5 Å². The zero-order valence-corrected chi connectivity index (χ0v) is 10.1. The third kappa shape index (κ3) is 3.59. The van der Waals surface area contributed by atoms with Crippen LogP contribution in [-0.4, -0.2) is 20.0 Å². The summed E-state index contributed by atoms with van der Waals surface area (Å²) in [4.78, 5) is 8.49. The van der Waals surface area contributed by atoms with E-state index >= 15 is 0 Å². The molecule has 15 heavy (non-hydrogen) atoms. The first-order valence-corrected chi connectivity index (χ1v) is 7.54. The highest BCUT2D eigenvalue weighted by molar-refractivity contribution is 7.91. The Balaban J connectivity index is 3.19. The first kappa shape index (κ1) is 12.7. The average molecular weight is 271 g/mol. The minimum atomic E-state index is -4.29. The summed E-state index contributed by atoms with van der Waals surface area (Å²) in [5.74, 6) is 0. The second-order valence-electron chi connectivity index (χ2n) is 2.76. The van der Waals surface area contributed by atoms with Crippen LogP contribution >= 0.6 is 19.2 Å². The van der Waals surface area contributed by atoms with Gasteiger partial charge in [0, 0.05) is 6.66 Å². The zero-order valence-electron chi connectivity index (χ0n) is 7.62. The largest absolute Gasteiger partial charge is 0.339 e. The van der Waals surface area contributed by atoms with Crippen molar-refractivity contribution < 1.29 is 21.8 Å². The molecule has 0 aromatic heterocycles. The second kappa shape index (κ2) is 4.23. The maximum atomic E-state index is 11.4. The van der Waals surface area contributed by atoms with Crippen LogP contribution in [0, 0.1) is 0 Å². The van der Waals surface area contributed by atoms with Gasteiger partial charge in [-0.25, -0.2) is 0 Å². The Morgan fingerprint density at radius 1 is 1.40 bits per heavy atom. The van der Waals surface area contributed by atoms with Crippen molar-refractivity contribution in [1.29, 1.82) is 0 Å². The average Bonchev–Trinajstić information content (AvgIpc) is 1.99. The molecule has 8 heteroatoms. The summed E-state index contributed by atoms with van der Waals surface area (Å²) in [6, 6.07) is 5.50. The molecule has 5 nitrogen and oxygen atoms in total. The Kier molecular flexibility index (Phi) is 3.58. The molecule has 0 saturated heterocycles. The number of benzene rings is 1. The van der Waals surface area contributed by atoms with Crippen LogP contribution in [0.5, 0.6) is 0 Å². The number of hydrogen-bond donors (Lipinski definition) is 1. The lowest BCUT2D eigenvalue weighted by molar-refractivity contribution is 0.384. The van der Waals surface area contributed by atoms with Crippen molar-refractivity contribution in [2.24, 2.45) is 0 Å². The van der Waals surface area contributed by atoms with Gasteiger partial charge >= 0.3 is 17.7 Å². The maximum absolute atomic E-state index is 11.4. The molecule has 0 radical (unpaired) electrons. The molecular weight excluding hydrogens is 263 g/mol. The molecular formula is C7H8ClO5PS. The van der Waals surface area contributed by atoms with E-state index in [1.165, 1.54) is 24.3 Å². The van der Waals surface area contributed by atoms with Gasteiger partial charge in [0.05, 0.1) is 5.02 Å². The molecule has 1 aromatic carbocycles. The molecule has 1 aromatic rings. The first-order valence-electron chi connectivity index (χ1n) is 3.73. The van der Waals surface area contributed by atoms with Gasteiger partial charge in [-0.05, 0) is 12.1 Å². The van der Waals surface area contributed by atoms with Crippen LogP contribution in [0.1, 0.15) is 0 Å². The topological polar surface area (TPSA) is 80.7 Å². The number of hydrogen-bond acceptors (Lipinski definition) is 4. The van der Waals surface area contributed by atoms with E-state index in [2.05, 4.69) is 3.97 Å². The molecule has 0 saturated carbocycles. The minimum Gasteiger partial charge on any atom is -0.324 e. The van der Waals surface area contributed by atoms with Crippen molar-refractivity contribution in [1.82, 2.24) is 0 Å². The molecule has 1 atom stereocenters. The highest BCUT2D eigenvalue weighted by atomic mass is 35.5. The summed E-state index contributed by atoms with van der Waals surface area (Å²) in [5, 5.41) is -0.0639. The first-order chi connectivity index (χ1) is 6.72. The van der Waals surface area contributed by atoms with E-state index in [1.54, 1.807) is 0 Å². The van der Waals surface area contributed by atoms with Gasteiger partial charge in [-0.2, -0.15) is 12.4 Å². The summed E-state index contributed by atoms with van der Waals surface area (Å²) in [6.07, 6.45) is 0. The maximum Gasteiger partial charge on any atom is 0.339 e. The SMILES string of the molecule is CP(=O)(O)OS(=O)(=O)c1ccccc1Cl. The lowest BCUT2D eigenvalue weighted by Gasteiger charge is -2.08. The monoisotopic (exact) mass is 270 g/mol. The van der Waals surface area contributed by atoms with Gasteiger partial charge in [-0.15, -0.1) is 0 Å². The highest BCUT2D eigenvalue weighted by Crippen LogP contribution is 2.41. The normalized spacial score (nSPS) is 15.9. The fourth-order valence-corrected chi connectivity index (χ4v) is 3.62. The Morgan fingerprint density at radius 3 is 2.40 bits per heavy atom. The van der Waals surface area contributed by atoms with Crippen LogP contribution in [0.4, 0.5) is 0 Å². The van der Waals surface area contributed by atoms with Gasteiger partial charge in [-0.1, -0.05) is 23.7 Å². The Morgan fingerprint density at radius 2 is 1.93 bits per heavy atom. The van der Waals surface area contributed by atoms with Gasteiger partial charge in [0.25, 0.3) is 0 Å². The van der Waals surface area contributed by atoms with E-state index in [0.717, 1.165) is 6.66 Å². The van der Waals surface area contributed by atoms with Gasteiger partial charge in [0.15, 0.2) is 0 Å². The summed E-state index contributed by atoms with van der Waals surface area (Å²) in [7, 11) is -8.41. The van der Waals surface area contributed by atoms with Crippen LogP contribution in [-0.2, 0) is 18.7 Å². The molecule has 0 bridgehead atoms. The van der Waals surface area contributed by atoms with E-state index < -0.39 is 17.7 Å². The Bertz CT molecular complexity index is 506. The summed E-state index contributed by atoms with van der Waals surface area (Å²) >= 11 is 5.61. The molecule has 0 aliphatic carbocycles. The van der Waals surface area contributed by atoms with Crippen LogP contribution in [0.25, 0.3) is 0 Å². The van der Waals surface area contributed by atoms with Crippen molar-refractivity contribution in [3.63, 3.8) is 0 Å². The number of halogens is 1. The van der Waals surface area contributed by atoms with E-state index in [1.807, 2.05) is 0 Å². The van der Waals surface area contributed by atoms with Crippen molar-refractivity contribution in [2.75, 3.05) is 6.66 Å². The van der Waals surface area contributed by atoms with E-state index in [9.17, 15) is 13.0 Å².